The molecule has 2 heterocycles. The first-order valence-corrected chi connectivity index (χ1v) is 8.48. The molecule has 0 aliphatic heterocycles. The zero-order chi connectivity index (χ0) is 21.2. The zero-order valence-electron chi connectivity index (χ0n) is 15.3. The minimum absolute atomic E-state index is 0.117. The molecule has 0 saturated heterocycles. The molecule has 0 amide bonds. The molecular weight excluding hydrogens is 379 g/mol. The van der Waals surface area contributed by atoms with E-state index in [1.54, 1.807) is 19.2 Å². The van der Waals surface area contributed by atoms with E-state index >= 15 is 0 Å². The maximum absolute atomic E-state index is 13.4. The van der Waals surface area contributed by atoms with Gasteiger partial charge in [-0.05, 0) is 25.1 Å². The van der Waals surface area contributed by atoms with Crippen molar-refractivity contribution in [1.82, 2.24) is 9.97 Å². The second-order valence-corrected chi connectivity index (χ2v) is 6.35. The van der Waals surface area contributed by atoms with Gasteiger partial charge in [0.15, 0.2) is 0 Å². The minimum Gasteiger partial charge on any atom is -0.404 e. The quantitative estimate of drug-likeness (QED) is 0.432. The highest BCUT2D eigenvalue weighted by atomic mass is 19.4. The first-order chi connectivity index (χ1) is 13.8. The Hall–Kier alpha value is -3.86. The third-order valence-electron chi connectivity index (χ3n) is 4.42. The maximum Gasteiger partial charge on any atom is 0.417 e. The van der Waals surface area contributed by atoms with Gasteiger partial charge in [-0.15, -0.1) is 0 Å². The van der Waals surface area contributed by atoms with Gasteiger partial charge in [0.25, 0.3) is 0 Å². The lowest BCUT2D eigenvalue weighted by Gasteiger charge is -2.13. The van der Waals surface area contributed by atoms with Gasteiger partial charge in [0.2, 0.25) is 0 Å². The molecule has 8 heteroatoms. The fraction of sp³-hybridized carbons (Fsp3) is 0.0952. The molecule has 0 radical (unpaired) electrons. The van der Waals surface area contributed by atoms with Crippen LogP contribution in [-0.2, 0) is 6.18 Å². The van der Waals surface area contributed by atoms with Crippen LogP contribution in [0.3, 0.4) is 0 Å². The summed E-state index contributed by atoms with van der Waals surface area (Å²) in [5, 5.41) is 17.6. The first-order valence-electron chi connectivity index (χ1n) is 8.48. The van der Waals surface area contributed by atoms with Gasteiger partial charge in [0, 0.05) is 52.5 Å². The number of aryl methyl sites for hydroxylation is 1. The van der Waals surface area contributed by atoms with E-state index in [0.29, 0.717) is 33.3 Å². The molecule has 0 fully saturated rings. The number of alkyl halides is 3. The van der Waals surface area contributed by atoms with Crippen molar-refractivity contribution in [2.75, 3.05) is 0 Å². The van der Waals surface area contributed by atoms with Crippen molar-refractivity contribution in [3.63, 3.8) is 0 Å². The lowest BCUT2D eigenvalue weighted by Crippen LogP contribution is -2.08. The van der Waals surface area contributed by atoms with E-state index in [0.717, 1.165) is 12.3 Å². The lowest BCUT2D eigenvalue weighted by molar-refractivity contribution is -0.137. The molecule has 0 aliphatic rings. The number of pyridine rings is 1. The summed E-state index contributed by atoms with van der Waals surface area (Å²) in [6, 6.07) is 7.28. The number of hydrogen-bond donors (Lipinski definition) is 3. The highest BCUT2D eigenvalue weighted by molar-refractivity contribution is 6.09. The molecule has 2 aromatic heterocycles. The Morgan fingerprint density at radius 2 is 2.07 bits per heavy atom. The molecule has 29 heavy (non-hydrogen) atoms. The second kappa shape index (κ2) is 7.64. The van der Waals surface area contributed by atoms with Gasteiger partial charge in [0.05, 0.1) is 17.2 Å². The normalized spacial score (nSPS) is 12.8. The predicted octanol–water partition coefficient (Wildman–Crippen LogP) is 4.90. The van der Waals surface area contributed by atoms with Crippen LogP contribution < -0.4 is 5.73 Å². The second-order valence-electron chi connectivity index (χ2n) is 6.35. The first kappa shape index (κ1) is 19.9. The van der Waals surface area contributed by atoms with E-state index in [1.165, 1.54) is 30.6 Å². The van der Waals surface area contributed by atoms with Crippen LogP contribution in [0.5, 0.6) is 0 Å². The van der Waals surface area contributed by atoms with Crippen LogP contribution in [0.1, 0.15) is 27.8 Å². The fourth-order valence-electron chi connectivity index (χ4n) is 2.98. The maximum atomic E-state index is 13.4. The average Bonchev–Trinajstić information content (AvgIpc) is 3.08. The van der Waals surface area contributed by atoms with E-state index in [9.17, 15) is 18.4 Å². The van der Waals surface area contributed by atoms with Crippen molar-refractivity contribution in [3.8, 4) is 6.07 Å². The highest BCUT2D eigenvalue weighted by Crippen LogP contribution is 2.36. The Morgan fingerprint density at radius 3 is 2.69 bits per heavy atom. The van der Waals surface area contributed by atoms with Crippen molar-refractivity contribution in [3.05, 3.63) is 70.7 Å². The molecule has 4 N–H and O–H groups in total. The van der Waals surface area contributed by atoms with Gasteiger partial charge < -0.3 is 16.1 Å². The zero-order valence-corrected chi connectivity index (χ0v) is 15.3. The lowest BCUT2D eigenvalue weighted by atomic mass is 9.96. The molecule has 0 saturated carbocycles. The Labute approximate surface area is 164 Å². The van der Waals surface area contributed by atoms with Gasteiger partial charge in [-0.25, -0.2) is 4.98 Å². The van der Waals surface area contributed by atoms with Crippen LogP contribution in [0.25, 0.3) is 28.3 Å². The topological polar surface area (TPSA) is 102 Å². The van der Waals surface area contributed by atoms with Crippen LogP contribution in [-0.4, -0.2) is 16.2 Å². The number of allylic oxidation sites excluding steroid dienone is 2. The van der Waals surface area contributed by atoms with Gasteiger partial charge >= 0.3 is 6.18 Å². The molecule has 0 unspecified atom stereocenters. The van der Waals surface area contributed by atoms with E-state index < -0.39 is 11.7 Å². The Bertz CT molecular complexity index is 1190. The highest BCUT2D eigenvalue weighted by Gasteiger charge is 2.34. The third-order valence-corrected chi connectivity index (χ3v) is 4.42. The van der Waals surface area contributed by atoms with Crippen molar-refractivity contribution in [1.29, 1.82) is 10.7 Å². The van der Waals surface area contributed by atoms with Crippen LogP contribution >= 0.6 is 0 Å². The van der Waals surface area contributed by atoms with Crippen molar-refractivity contribution >= 4 is 34.5 Å². The van der Waals surface area contributed by atoms with Crippen LogP contribution in [0.2, 0.25) is 0 Å². The number of nitrogens with two attached hydrogens (primary N) is 1. The molecular formula is C21H16F3N5. The van der Waals surface area contributed by atoms with Gasteiger partial charge in [-0.2, -0.15) is 18.4 Å². The Morgan fingerprint density at radius 1 is 1.31 bits per heavy atom. The summed E-state index contributed by atoms with van der Waals surface area (Å²) in [7, 11) is 0. The number of hydrogen-bond acceptors (Lipinski definition) is 4. The number of fused-ring (bicyclic) bond motifs is 1. The third kappa shape index (κ3) is 3.89. The summed E-state index contributed by atoms with van der Waals surface area (Å²) in [6.45, 7) is 1.67. The number of nitriles is 1. The number of nitrogens with one attached hydrogen (secondary N) is 2. The molecule has 0 spiro atoms. The Balaban J connectivity index is 2.20. The smallest absolute Gasteiger partial charge is 0.404 e. The van der Waals surface area contributed by atoms with Gasteiger partial charge in [0.1, 0.15) is 5.65 Å². The summed E-state index contributed by atoms with van der Waals surface area (Å²) in [5.41, 5.74) is 6.98. The van der Waals surface area contributed by atoms with Gasteiger partial charge in [-0.1, -0.05) is 17.7 Å². The van der Waals surface area contributed by atoms with Crippen molar-refractivity contribution < 1.29 is 13.2 Å². The molecule has 0 atom stereocenters. The number of aromatic amines is 1. The molecule has 0 aliphatic carbocycles. The van der Waals surface area contributed by atoms with Gasteiger partial charge in [-0.3, -0.25) is 0 Å². The molecule has 146 valence electrons. The number of halogens is 3. The number of aromatic nitrogens is 2. The van der Waals surface area contributed by atoms with Crippen LogP contribution in [0.15, 0.2) is 42.9 Å². The summed E-state index contributed by atoms with van der Waals surface area (Å²) >= 11 is 0. The number of H-pyrrole nitrogens is 1. The van der Waals surface area contributed by atoms with E-state index in [4.69, 9.17) is 11.1 Å². The summed E-state index contributed by atoms with van der Waals surface area (Å²) < 4.78 is 40.3. The molecule has 1 aromatic carbocycles. The summed E-state index contributed by atoms with van der Waals surface area (Å²) in [4.78, 5) is 7.18. The van der Waals surface area contributed by atoms with Crippen molar-refractivity contribution in [2.24, 2.45) is 5.73 Å². The number of benzene rings is 1. The van der Waals surface area contributed by atoms with E-state index in [-0.39, 0.29) is 11.1 Å². The minimum atomic E-state index is -4.58. The average molecular weight is 395 g/mol. The molecule has 5 nitrogen and oxygen atoms in total. The van der Waals surface area contributed by atoms with Crippen molar-refractivity contribution in [2.45, 2.75) is 13.1 Å². The SMILES string of the molecule is Cc1ccc(C(F)(F)F)c(/C(C#N)=C/c2c[nH]c3ncc(/C(C=N)=C/N)cc23)c1. The number of rotatable bonds is 4. The van der Waals surface area contributed by atoms with Crippen LogP contribution in [0, 0.1) is 23.7 Å². The monoisotopic (exact) mass is 395 g/mol. The Kier molecular flexibility index (Phi) is 5.24. The standard InChI is InChI=1S/C21H16F3N5/c1-12-2-3-19(21(22,23)24)17(4-12)13(7-25)5-15-11-29-20-18(15)6-14(10-28-20)16(8-26)9-27/h2-6,8-11,26H,27H2,1H3,(H,28,29)/b13-5+,16-9+,26-8?. The van der Waals surface area contributed by atoms with E-state index in [2.05, 4.69) is 9.97 Å². The summed E-state index contributed by atoms with van der Waals surface area (Å²) in [6.07, 6.45) is 2.25. The predicted molar refractivity (Wildman–Crippen MR) is 107 cm³/mol. The molecule has 0 bridgehead atoms. The van der Waals surface area contributed by atoms with E-state index in [1.807, 2.05) is 6.07 Å². The molecule has 3 rings (SSSR count). The fourth-order valence-corrected chi connectivity index (χ4v) is 2.98. The molecule has 3 aromatic rings. The largest absolute Gasteiger partial charge is 0.417 e. The summed E-state index contributed by atoms with van der Waals surface area (Å²) in [5.74, 6) is 0. The number of nitrogens with zero attached hydrogens (tertiary/aromatic N) is 2. The van der Waals surface area contributed by atoms with Crippen LogP contribution in [0.4, 0.5) is 13.2 Å².